The Labute approximate surface area is 134 Å². The molecule has 1 aliphatic carbocycles. The van der Waals surface area contributed by atoms with E-state index in [-0.39, 0.29) is 17.3 Å². The summed E-state index contributed by atoms with van der Waals surface area (Å²) in [6, 6.07) is 5.22. The van der Waals surface area contributed by atoms with E-state index >= 15 is 0 Å². The first kappa shape index (κ1) is 14.3. The molecule has 2 heterocycles. The van der Waals surface area contributed by atoms with Crippen LogP contribution >= 0.6 is 0 Å². The van der Waals surface area contributed by atoms with E-state index in [0.29, 0.717) is 24.1 Å². The van der Waals surface area contributed by atoms with E-state index in [4.69, 9.17) is 5.73 Å². The normalized spacial score (nSPS) is 18.7. The monoisotopic (exact) mass is 311 g/mol. The molecule has 1 fully saturated rings. The minimum atomic E-state index is -0.342. The highest BCUT2D eigenvalue weighted by Gasteiger charge is 2.40. The van der Waals surface area contributed by atoms with Crippen LogP contribution in [0.15, 0.2) is 30.6 Å². The molecule has 1 saturated carbocycles. The molecule has 0 spiro atoms. The van der Waals surface area contributed by atoms with Crippen LogP contribution in [-0.4, -0.2) is 17.9 Å². The van der Waals surface area contributed by atoms with E-state index < -0.39 is 0 Å². The highest BCUT2D eigenvalue weighted by atomic mass is 19.1. The van der Waals surface area contributed by atoms with Crippen LogP contribution in [0.3, 0.4) is 0 Å². The molecule has 0 atom stereocenters. The first-order chi connectivity index (χ1) is 11.0. The van der Waals surface area contributed by atoms with Crippen LogP contribution < -0.4 is 10.6 Å². The van der Waals surface area contributed by atoms with E-state index in [1.807, 2.05) is 12.1 Å². The van der Waals surface area contributed by atoms with Crippen molar-refractivity contribution in [2.24, 2.45) is 5.73 Å². The summed E-state index contributed by atoms with van der Waals surface area (Å²) in [7, 11) is 1.69. The van der Waals surface area contributed by atoms with E-state index in [0.717, 1.165) is 29.5 Å². The van der Waals surface area contributed by atoms with Crippen LogP contribution in [0.5, 0.6) is 0 Å². The van der Waals surface area contributed by atoms with Crippen molar-refractivity contribution in [3.05, 3.63) is 47.5 Å². The molecule has 2 aromatic rings. The number of hydrogen-bond donors (Lipinski definition) is 1. The Morgan fingerprint density at radius 1 is 1.22 bits per heavy atom. The Kier molecular flexibility index (Phi) is 3.03. The van der Waals surface area contributed by atoms with Gasteiger partial charge in [-0.3, -0.25) is 9.78 Å². The fourth-order valence-corrected chi connectivity index (χ4v) is 3.17. The van der Waals surface area contributed by atoms with Crippen molar-refractivity contribution in [1.29, 1.82) is 0 Å². The van der Waals surface area contributed by atoms with Gasteiger partial charge in [0, 0.05) is 48.2 Å². The minimum Gasteiger partial charge on any atom is -0.321 e. The zero-order valence-electron chi connectivity index (χ0n) is 13.0. The van der Waals surface area contributed by atoms with Crippen molar-refractivity contribution in [2.75, 3.05) is 11.9 Å². The Morgan fingerprint density at radius 2 is 2.00 bits per heavy atom. The van der Waals surface area contributed by atoms with Gasteiger partial charge in [-0.15, -0.1) is 0 Å². The predicted molar refractivity (Wildman–Crippen MR) is 86.5 cm³/mol. The van der Waals surface area contributed by atoms with Gasteiger partial charge in [-0.05, 0) is 48.6 Å². The quantitative estimate of drug-likeness (QED) is 0.927. The predicted octanol–water partition coefficient (Wildman–Crippen LogP) is 2.74. The molecule has 2 N–H and O–H groups in total. The number of amides is 1. The first-order valence-electron chi connectivity index (χ1n) is 7.82. The molecule has 1 aliphatic heterocycles. The van der Waals surface area contributed by atoms with Gasteiger partial charge in [0.05, 0.1) is 0 Å². The SMILES string of the molecule is CN1C(=O)CCc2cc(-c3cncc(C4(N)CC4)c3)c(F)cc21. The van der Waals surface area contributed by atoms with Gasteiger partial charge < -0.3 is 10.6 Å². The number of benzene rings is 1. The maximum atomic E-state index is 14.6. The van der Waals surface area contributed by atoms with E-state index in [9.17, 15) is 9.18 Å². The Balaban J connectivity index is 1.80. The zero-order valence-corrected chi connectivity index (χ0v) is 13.0. The van der Waals surface area contributed by atoms with Crippen molar-refractivity contribution in [3.8, 4) is 11.1 Å². The average Bonchev–Trinajstić information content (AvgIpc) is 3.30. The van der Waals surface area contributed by atoms with E-state index in [2.05, 4.69) is 4.98 Å². The molecule has 0 saturated heterocycles. The molecule has 0 bridgehead atoms. The number of carbonyl (C=O) groups is 1. The van der Waals surface area contributed by atoms with Crippen LogP contribution in [0.25, 0.3) is 11.1 Å². The molecule has 118 valence electrons. The molecule has 1 aromatic heterocycles. The van der Waals surface area contributed by atoms with Gasteiger partial charge in [-0.25, -0.2) is 4.39 Å². The van der Waals surface area contributed by atoms with Gasteiger partial charge in [0.15, 0.2) is 0 Å². The number of fused-ring (bicyclic) bond motifs is 1. The number of rotatable bonds is 2. The molecular formula is C18H18FN3O. The van der Waals surface area contributed by atoms with Crippen molar-refractivity contribution in [2.45, 2.75) is 31.2 Å². The minimum absolute atomic E-state index is 0.0205. The highest BCUT2D eigenvalue weighted by Crippen LogP contribution is 2.43. The maximum Gasteiger partial charge on any atom is 0.227 e. The van der Waals surface area contributed by atoms with Gasteiger partial charge in [0.2, 0.25) is 5.91 Å². The van der Waals surface area contributed by atoms with Gasteiger partial charge in [-0.1, -0.05) is 0 Å². The second kappa shape index (κ2) is 4.86. The molecular weight excluding hydrogens is 293 g/mol. The van der Waals surface area contributed by atoms with Crippen LogP contribution in [0.2, 0.25) is 0 Å². The third-order valence-electron chi connectivity index (χ3n) is 4.92. The third-order valence-corrected chi connectivity index (χ3v) is 4.92. The Hall–Kier alpha value is -2.27. The summed E-state index contributed by atoms with van der Waals surface area (Å²) in [5, 5.41) is 0. The summed E-state index contributed by atoms with van der Waals surface area (Å²) in [4.78, 5) is 17.5. The third kappa shape index (κ3) is 2.32. The number of anilines is 1. The number of aromatic nitrogens is 1. The lowest BCUT2D eigenvalue weighted by Gasteiger charge is -2.26. The van der Waals surface area contributed by atoms with Gasteiger partial charge in [0.25, 0.3) is 0 Å². The molecule has 0 unspecified atom stereocenters. The first-order valence-corrected chi connectivity index (χ1v) is 7.82. The molecule has 2 aliphatic rings. The smallest absolute Gasteiger partial charge is 0.227 e. The number of halogens is 1. The van der Waals surface area contributed by atoms with Gasteiger partial charge >= 0.3 is 0 Å². The Bertz CT molecular complexity index is 814. The van der Waals surface area contributed by atoms with Gasteiger partial charge in [0.1, 0.15) is 5.82 Å². The zero-order chi connectivity index (χ0) is 16.2. The van der Waals surface area contributed by atoms with Crippen LogP contribution in [-0.2, 0) is 16.8 Å². The van der Waals surface area contributed by atoms with Crippen molar-refractivity contribution in [1.82, 2.24) is 4.98 Å². The highest BCUT2D eigenvalue weighted by molar-refractivity contribution is 5.96. The number of nitrogens with two attached hydrogens (primary N) is 1. The fraction of sp³-hybridized carbons (Fsp3) is 0.333. The lowest BCUT2D eigenvalue weighted by molar-refractivity contribution is -0.118. The number of hydrogen-bond acceptors (Lipinski definition) is 3. The standard InChI is InChI=1S/C18H18FN3O/c1-22-16-8-15(19)14(7-11(16)2-3-17(22)23)12-6-13(10-21-9-12)18(20)4-5-18/h6-10H,2-5,20H2,1H3. The fourth-order valence-electron chi connectivity index (χ4n) is 3.17. The summed E-state index contributed by atoms with van der Waals surface area (Å²) in [5.41, 5.74) is 9.78. The maximum absolute atomic E-state index is 14.6. The molecule has 4 rings (SSSR count). The lowest BCUT2D eigenvalue weighted by atomic mass is 9.95. The molecule has 4 nitrogen and oxygen atoms in total. The number of nitrogens with zero attached hydrogens (tertiary/aromatic N) is 2. The van der Waals surface area contributed by atoms with Crippen LogP contribution in [0, 0.1) is 5.82 Å². The molecule has 1 aromatic carbocycles. The topological polar surface area (TPSA) is 59.2 Å². The average molecular weight is 311 g/mol. The molecule has 23 heavy (non-hydrogen) atoms. The number of pyridine rings is 1. The summed E-state index contributed by atoms with van der Waals surface area (Å²) >= 11 is 0. The summed E-state index contributed by atoms with van der Waals surface area (Å²) in [6.45, 7) is 0. The summed E-state index contributed by atoms with van der Waals surface area (Å²) in [6.07, 6.45) is 6.41. The van der Waals surface area contributed by atoms with Crippen molar-refractivity contribution in [3.63, 3.8) is 0 Å². The largest absolute Gasteiger partial charge is 0.321 e. The van der Waals surface area contributed by atoms with E-state index in [1.165, 1.54) is 11.0 Å². The van der Waals surface area contributed by atoms with Crippen LogP contribution in [0.1, 0.15) is 30.4 Å². The summed E-state index contributed by atoms with van der Waals surface area (Å²) < 4.78 is 14.6. The molecule has 0 radical (unpaired) electrons. The van der Waals surface area contributed by atoms with E-state index in [1.54, 1.807) is 19.4 Å². The van der Waals surface area contributed by atoms with Crippen molar-refractivity contribution < 1.29 is 9.18 Å². The summed E-state index contributed by atoms with van der Waals surface area (Å²) in [5.74, 6) is -0.321. The van der Waals surface area contributed by atoms with Gasteiger partial charge in [-0.2, -0.15) is 0 Å². The Morgan fingerprint density at radius 3 is 2.74 bits per heavy atom. The second-order valence-electron chi connectivity index (χ2n) is 6.53. The lowest BCUT2D eigenvalue weighted by Crippen LogP contribution is -2.31. The van der Waals surface area contributed by atoms with Crippen LogP contribution in [0.4, 0.5) is 10.1 Å². The molecule has 5 heteroatoms. The van der Waals surface area contributed by atoms with Crippen molar-refractivity contribution >= 4 is 11.6 Å². The number of carbonyl (C=O) groups excluding carboxylic acids is 1. The molecule has 1 amide bonds. The second-order valence-corrected chi connectivity index (χ2v) is 6.53. The number of aryl methyl sites for hydroxylation is 1.